The molecule has 444 valence electrons. The van der Waals surface area contributed by atoms with Crippen LogP contribution in [0.15, 0.2) is 158 Å². The first-order chi connectivity index (χ1) is 39.7. The lowest BCUT2D eigenvalue weighted by Gasteiger charge is -2.34. The second-order valence-corrected chi connectivity index (χ2v) is 33.8. The molecule has 1 heterocycles. The van der Waals surface area contributed by atoms with Crippen LogP contribution < -0.4 is 4.90 Å². The van der Waals surface area contributed by atoms with Crippen LogP contribution in [0.4, 0.5) is 17.1 Å². The van der Waals surface area contributed by atoms with E-state index in [1.54, 1.807) is 0 Å². The van der Waals surface area contributed by atoms with E-state index in [9.17, 15) is 0 Å². The molecule has 0 bridgehead atoms. The Labute approximate surface area is 517 Å². The SMILES string of the molecule is CC(C)(C)c1cc(-c2ccc(C(C)(C)C)cc2-c2cc(C(C)(C)C)ccc2N(c2cc(C(C)(C)C)cc(C(C)(C)C)c2)c2ccc3ccc4c(-n5c6ccc(C(C)(C)C)cc6c6cc(C(C)(C)C)ccc65)ccc5ccc2c3c54)cc(C(C)(C)C)c1. The van der Waals surface area contributed by atoms with Gasteiger partial charge in [0, 0.05) is 32.8 Å². The highest BCUT2D eigenvalue weighted by molar-refractivity contribution is 6.28. The van der Waals surface area contributed by atoms with E-state index in [1.165, 1.54) is 127 Å². The van der Waals surface area contributed by atoms with E-state index in [1.807, 2.05) is 0 Å². The minimum atomic E-state index is -0.123. The normalized spacial score (nSPS) is 13.6. The predicted molar refractivity (Wildman–Crippen MR) is 380 cm³/mol. The van der Waals surface area contributed by atoms with Crippen LogP contribution in [0.2, 0.25) is 0 Å². The minimum absolute atomic E-state index is 0.00750. The highest BCUT2D eigenvalue weighted by atomic mass is 15.1. The summed E-state index contributed by atoms with van der Waals surface area (Å²) in [4.78, 5) is 2.66. The van der Waals surface area contributed by atoms with Crippen molar-refractivity contribution in [2.45, 2.75) is 209 Å². The average Bonchev–Trinajstić information content (AvgIpc) is 1.25. The first-order valence-corrected chi connectivity index (χ1v) is 31.9. The summed E-state index contributed by atoms with van der Waals surface area (Å²) in [6.45, 7) is 56.5. The van der Waals surface area contributed by atoms with Gasteiger partial charge in [-0.05, 0) is 193 Å². The van der Waals surface area contributed by atoms with Crippen molar-refractivity contribution in [3.05, 3.63) is 202 Å². The summed E-state index contributed by atoms with van der Waals surface area (Å²) in [7, 11) is 0. The Morgan fingerprint density at radius 2 is 0.616 bits per heavy atom. The van der Waals surface area contributed by atoms with Gasteiger partial charge in [0.2, 0.25) is 0 Å². The van der Waals surface area contributed by atoms with Gasteiger partial charge < -0.3 is 9.47 Å². The highest BCUT2D eigenvalue weighted by Gasteiger charge is 2.31. The number of hydrogen-bond acceptors (Lipinski definition) is 1. The third-order valence-electron chi connectivity index (χ3n) is 18.8. The van der Waals surface area contributed by atoms with Crippen molar-refractivity contribution in [1.29, 1.82) is 0 Å². The Morgan fingerprint density at radius 1 is 0.256 bits per heavy atom. The minimum Gasteiger partial charge on any atom is -0.309 e. The molecule has 2 heteroatoms. The van der Waals surface area contributed by atoms with Gasteiger partial charge in [-0.1, -0.05) is 257 Å². The zero-order valence-corrected chi connectivity index (χ0v) is 56.9. The van der Waals surface area contributed by atoms with Crippen LogP contribution in [0, 0.1) is 0 Å². The number of aromatic nitrogens is 1. The van der Waals surface area contributed by atoms with E-state index >= 15 is 0 Å². The molecule has 86 heavy (non-hydrogen) atoms. The molecule has 0 saturated carbocycles. The number of nitrogens with zero attached hydrogens (tertiary/aromatic N) is 2. The molecule has 0 saturated heterocycles. The van der Waals surface area contributed by atoms with Gasteiger partial charge in [-0.3, -0.25) is 0 Å². The number of fused-ring (bicyclic) bond motifs is 3. The first-order valence-electron chi connectivity index (χ1n) is 31.9. The van der Waals surface area contributed by atoms with E-state index in [2.05, 4.69) is 333 Å². The highest BCUT2D eigenvalue weighted by Crippen LogP contribution is 2.52. The smallest absolute Gasteiger partial charge is 0.0541 e. The Balaban J connectivity index is 1.27. The summed E-state index contributed by atoms with van der Waals surface area (Å²) in [5.41, 5.74) is 22.2. The Kier molecular flexibility index (Phi) is 14.2. The van der Waals surface area contributed by atoms with Crippen molar-refractivity contribution in [3.63, 3.8) is 0 Å². The first kappa shape index (κ1) is 60.5. The van der Waals surface area contributed by atoms with E-state index in [0.29, 0.717) is 0 Å². The lowest BCUT2D eigenvalue weighted by atomic mass is 9.77. The molecule has 0 atom stereocenters. The molecule has 0 spiro atoms. The third kappa shape index (κ3) is 11.0. The number of rotatable bonds is 6. The fourth-order valence-electron chi connectivity index (χ4n) is 12.9. The van der Waals surface area contributed by atoms with Gasteiger partial charge in [-0.15, -0.1) is 0 Å². The van der Waals surface area contributed by atoms with Crippen LogP contribution in [-0.2, 0) is 43.3 Å². The molecule has 0 unspecified atom stereocenters. The third-order valence-corrected chi connectivity index (χ3v) is 18.8. The van der Waals surface area contributed by atoms with Gasteiger partial charge in [0.25, 0.3) is 0 Å². The fraction of sp³-hybridized carbons (Fsp3) is 0.381. The van der Waals surface area contributed by atoms with Crippen LogP contribution in [0.25, 0.3) is 82.1 Å². The lowest BCUT2D eigenvalue weighted by Crippen LogP contribution is -2.20. The summed E-state index contributed by atoms with van der Waals surface area (Å²) >= 11 is 0. The number of anilines is 3. The number of hydrogen-bond donors (Lipinski definition) is 0. The Bertz CT molecular complexity index is 4320. The maximum atomic E-state index is 2.66. The molecule has 10 aromatic carbocycles. The molecule has 11 aromatic rings. The second-order valence-electron chi connectivity index (χ2n) is 33.8. The molecule has 0 aliphatic carbocycles. The zero-order valence-electron chi connectivity index (χ0n) is 56.9. The summed E-state index contributed by atoms with van der Waals surface area (Å²) in [5.74, 6) is 0. The van der Waals surface area contributed by atoms with E-state index in [0.717, 1.165) is 17.1 Å². The lowest BCUT2D eigenvalue weighted by molar-refractivity contribution is 0.568. The van der Waals surface area contributed by atoms with E-state index < -0.39 is 0 Å². The van der Waals surface area contributed by atoms with Crippen LogP contribution in [0.5, 0.6) is 0 Å². The average molecular weight is 1140 g/mol. The fourth-order valence-corrected chi connectivity index (χ4v) is 12.9. The summed E-state index contributed by atoms with van der Waals surface area (Å²) in [6, 6.07) is 63.3. The van der Waals surface area contributed by atoms with Crippen LogP contribution in [0.3, 0.4) is 0 Å². The summed E-state index contributed by atoms with van der Waals surface area (Å²) in [6.07, 6.45) is 0. The van der Waals surface area contributed by atoms with Gasteiger partial charge in [-0.25, -0.2) is 0 Å². The van der Waals surface area contributed by atoms with Gasteiger partial charge in [0.1, 0.15) is 0 Å². The quantitative estimate of drug-likeness (QED) is 0.151. The maximum absolute atomic E-state index is 2.66. The second kappa shape index (κ2) is 20.2. The molecule has 0 N–H and O–H groups in total. The van der Waals surface area contributed by atoms with Crippen molar-refractivity contribution in [2.75, 3.05) is 4.90 Å². The van der Waals surface area contributed by atoms with Gasteiger partial charge in [-0.2, -0.15) is 0 Å². The van der Waals surface area contributed by atoms with Crippen LogP contribution in [-0.4, -0.2) is 4.57 Å². The molecule has 0 aliphatic rings. The van der Waals surface area contributed by atoms with E-state index in [-0.39, 0.29) is 43.3 Å². The topological polar surface area (TPSA) is 8.17 Å². The Morgan fingerprint density at radius 3 is 1.08 bits per heavy atom. The molecule has 0 fully saturated rings. The largest absolute Gasteiger partial charge is 0.309 e. The van der Waals surface area contributed by atoms with Crippen LogP contribution >= 0.6 is 0 Å². The standard InChI is InChI=1S/C84H98N2/c1-77(2,3)54-29-35-63(53-41-58(81(13,14)15)43-59(42-53)82(16,17)18)66(47-54)67-48-55(78(4,5)6)30-38-72(67)85(62-45-60(83(19,20)21)44-61(46-62)84(22,23)24)70-36-27-51-26-34-65-71(37-28-52-25-33-64(70)75(51)76(52)65)86-73-39-31-56(79(7,8)9)49-68(73)69-50-57(80(10,11)12)32-40-74(69)86/h25-50H,1-24H3. The Hall–Kier alpha value is -7.16. The number of benzene rings is 10. The molecular weight excluding hydrogens is 1040 g/mol. The van der Waals surface area contributed by atoms with Crippen molar-refractivity contribution in [2.24, 2.45) is 0 Å². The van der Waals surface area contributed by atoms with Crippen molar-refractivity contribution in [1.82, 2.24) is 4.57 Å². The maximum Gasteiger partial charge on any atom is 0.0541 e. The summed E-state index contributed by atoms with van der Waals surface area (Å²) in [5, 5.41) is 10.1. The molecule has 0 aliphatic heterocycles. The predicted octanol–water partition coefficient (Wildman–Crippen LogP) is 24.9. The molecule has 1 aromatic heterocycles. The summed E-state index contributed by atoms with van der Waals surface area (Å²) < 4.78 is 2.56. The van der Waals surface area contributed by atoms with Gasteiger partial charge >= 0.3 is 0 Å². The van der Waals surface area contributed by atoms with Crippen molar-refractivity contribution in [3.8, 4) is 27.9 Å². The van der Waals surface area contributed by atoms with Crippen LogP contribution in [0.1, 0.15) is 211 Å². The van der Waals surface area contributed by atoms with Crippen molar-refractivity contribution >= 4 is 71.2 Å². The van der Waals surface area contributed by atoms with Gasteiger partial charge in [0.15, 0.2) is 0 Å². The zero-order chi connectivity index (χ0) is 62.6. The van der Waals surface area contributed by atoms with E-state index in [4.69, 9.17) is 0 Å². The monoisotopic (exact) mass is 1130 g/mol. The molecule has 2 nitrogen and oxygen atoms in total. The molecule has 0 amide bonds. The molecular formula is C84H98N2. The van der Waals surface area contributed by atoms with Gasteiger partial charge in [0.05, 0.1) is 28.1 Å². The molecule has 11 rings (SSSR count). The van der Waals surface area contributed by atoms with Crippen molar-refractivity contribution < 1.29 is 0 Å². The molecule has 0 radical (unpaired) electrons.